The van der Waals surface area contributed by atoms with Crippen LogP contribution >= 0.6 is 0 Å². The lowest BCUT2D eigenvalue weighted by Crippen LogP contribution is -2.33. The molecule has 108 valence electrons. The van der Waals surface area contributed by atoms with E-state index < -0.39 is 12.4 Å². The molecule has 2 rings (SSSR count). The molecule has 1 unspecified atom stereocenters. The number of ether oxygens (including phenoxy) is 1. The zero-order chi connectivity index (χ0) is 14.6. The van der Waals surface area contributed by atoms with Gasteiger partial charge in [0.15, 0.2) is 0 Å². The number of nitriles is 1. The Bertz CT molecular complexity index is 490. The van der Waals surface area contributed by atoms with Gasteiger partial charge in [-0.1, -0.05) is 24.6 Å². The van der Waals surface area contributed by atoms with Crippen molar-refractivity contribution in [2.75, 3.05) is 13.1 Å². The van der Waals surface area contributed by atoms with Gasteiger partial charge in [-0.2, -0.15) is 5.26 Å². The Hall–Kier alpha value is -1.74. The minimum Gasteiger partial charge on any atom is -0.405 e. The normalized spacial score (nSPS) is 18.3. The predicted molar refractivity (Wildman–Crippen MR) is 66.9 cm³/mol. The molecule has 0 aliphatic carbocycles. The van der Waals surface area contributed by atoms with E-state index in [4.69, 9.17) is 0 Å². The van der Waals surface area contributed by atoms with E-state index in [1.165, 1.54) is 18.2 Å². The molecule has 1 aromatic carbocycles. The highest BCUT2D eigenvalue weighted by Crippen LogP contribution is 2.33. The Morgan fingerprint density at radius 3 is 2.40 bits per heavy atom. The largest absolute Gasteiger partial charge is 0.573 e. The van der Waals surface area contributed by atoms with Crippen molar-refractivity contribution >= 4 is 0 Å². The number of piperidine rings is 1. The van der Waals surface area contributed by atoms with Crippen molar-refractivity contribution in [3.05, 3.63) is 29.8 Å². The van der Waals surface area contributed by atoms with Crippen molar-refractivity contribution in [2.45, 2.75) is 31.7 Å². The maximum absolute atomic E-state index is 12.4. The number of rotatable bonds is 3. The number of halogens is 3. The molecule has 20 heavy (non-hydrogen) atoms. The van der Waals surface area contributed by atoms with Crippen molar-refractivity contribution in [3.8, 4) is 11.8 Å². The Morgan fingerprint density at radius 1 is 1.15 bits per heavy atom. The van der Waals surface area contributed by atoms with Crippen molar-refractivity contribution in [1.82, 2.24) is 4.90 Å². The highest BCUT2D eigenvalue weighted by Gasteiger charge is 2.34. The van der Waals surface area contributed by atoms with E-state index in [0.717, 1.165) is 32.4 Å². The summed E-state index contributed by atoms with van der Waals surface area (Å²) in [5.41, 5.74) is 0.272. The molecule has 1 aliphatic rings. The van der Waals surface area contributed by atoms with E-state index in [-0.39, 0.29) is 11.3 Å². The summed E-state index contributed by atoms with van der Waals surface area (Å²) in [6.45, 7) is 1.44. The molecule has 0 saturated carbocycles. The molecule has 0 amide bonds. The third kappa shape index (κ3) is 3.64. The lowest BCUT2D eigenvalue weighted by Gasteiger charge is -2.31. The molecule has 1 heterocycles. The first-order valence-electron chi connectivity index (χ1n) is 6.49. The van der Waals surface area contributed by atoms with E-state index in [1.54, 1.807) is 6.07 Å². The second-order valence-electron chi connectivity index (χ2n) is 4.71. The average molecular weight is 284 g/mol. The Balaban J connectivity index is 2.27. The first-order chi connectivity index (χ1) is 9.51. The smallest absolute Gasteiger partial charge is 0.405 e. The molecule has 3 nitrogen and oxygen atoms in total. The molecular formula is C14H15F3N2O. The third-order valence-electron chi connectivity index (χ3n) is 3.32. The molecule has 6 heteroatoms. The second-order valence-corrected chi connectivity index (χ2v) is 4.71. The lowest BCUT2D eigenvalue weighted by atomic mass is 10.0. The van der Waals surface area contributed by atoms with Gasteiger partial charge in [0.05, 0.1) is 6.07 Å². The molecule has 1 aliphatic heterocycles. The van der Waals surface area contributed by atoms with Crippen LogP contribution in [0.15, 0.2) is 24.3 Å². The molecule has 1 fully saturated rings. The summed E-state index contributed by atoms with van der Waals surface area (Å²) in [6.07, 6.45) is -1.74. The van der Waals surface area contributed by atoms with Gasteiger partial charge in [0.1, 0.15) is 11.8 Å². The van der Waals surface area contributed by atoms with E-state index in [0.29, 0.717) is 0 Å². The van der Waals surface area contributed by atoms with Crippen LogP contribution in [0.25, 0.3) is 0 Å². The second kappa shape index (κ2) is 6.14. The van der Waals surface area contributed by atoms with Crippen LogP contribution in [0.4, 0.5) is 13.2 Å². The van der Waals surface area contributed by atoms with E-state index in [9.17, 15) is 18.4 Å². The average Bonchev–Trinajstić information content (AvgIpc) is 2.41. The maximum Gasteiger partial charge on any atom is 0.573 e. The summed E-state index contributed by atoms with van der Waals surface area (Å²) < 4.78 is 41.3. The number of benzene rings is 1. The summed E-state index contributed by atoms with van der Waals surface area (Å²) in [5, 5.41) is 9.33. The van der Waals surface area contributed by atoms with Gasteiger partial charge in [-0.25, -0.2) is 0 Å². The molecule has 1 atom stereocenters. The summed E-state index contributed by atoms with van der Waals surface area (Å²) in [5.74, 6) is -0.294. The van der Waals surface area contributed by atoms with Gasteiger partial charge in [0.25, 0.3) is 0 Å². The van der Waals surface area contributed by atoms with Crippen LogP contribution in [-0.2, 0) is 0 Å². The van der Waals surface area contributed by atoms with Crippen LogP contribution in [-0.4, -0.2) is 24.4 Å². The van der Waals surface area contributed by atoms with Crippen LogP contribution in [0.1, 0.15) is 30.9 Å². The summed E-state index contributed by atoms with van der Waals surface area (Å²) in [7, 11) is 0. The molecular weight excluding hydrogens is 269 g/mol. The first-order valence-corrected chi connectivity index (χ1v) is 6.49. The molecule has 0 bridgehead atoms. The standard InChI is InChI=1S/C14H15F3N2O/c15-14(16,17)20-13-7-3-2-6-11(13)12(10-18)19-8-4-1-5-9-19/h2-3,6-7,12H,1,4-5,8-9H2. The van der Waals surface area contributed by atoms with Gasteiger partial charge in [-0.15, -0.1) is 13.2 Å². The zero-order valence-corrected chi connectivity index (χ0v) is 10.9. The molecule has 0 N–H and O–H groups in total. The van der Waals surface area contributed by atoms with Crippen molar-refractivity contribution in [2.24, 2.45) is 0 Å². The molecule has 0 aromatic heterocycles. The van der Waals surface area contributed by atoms with Gasteiger partial charge >= 0.3 is 6.36 Å². The number of hydrogen-bond acceptors (Lipinski definition) is 3. The molecule has 1 aromatic rings. The topological polar surface area (TPSA) is 36.3 Å². The van der Waals surface area contributed by atoms with E-state index in [1.807, 2.05) is 4.90 Å². The highest BCUT2D eigenvalue weighted by atomic mass is 19.4. The fraction of sp³-hybridized carbons (Fsp3) is 0.500. The number of nitrogens with zero attached hydrogens (tertiary/aromatic N) is 2. The monoisotopic (exact) mass is 284 g/mol. The predicted octanol–water partition coefficient (Wildman–Crippen LogP) is 3.64. The quantitative estimate of drug-likeness (QED) is 0.850. The zero-order valence-electron chi connectivity index (χ0n) is 10.9. The van der Waals surface area contributed by atoms with Crippen LogP contribution in [0.2, 0.25) is 0 Å². The first kappa shape index (κ1) is 14.7. The van der Waals surface area contributed by atoms with Gasteiger partial charge in [-0.05, 0) is 32.0 Å². The lowest BCUT2D eigenvalue weighted by molar-refractivity contribution is -0.275. The van der Waals surface area contributed by atoms with Gasteiger partial charge in [0.2, 0.25) is 0 Å². The van der Waals surface area contributed by atoms with Crippen molar-refractivity contribution in [1.29, 1.82) is 5.26 Å². The third-order valence-corrected chi connectivity index (χ3v) is 3.32. The molecule has 0 spiro atoms. The van der Waals surface area contributed by atoms with Gasteiger partial charge < -0.3 is 4.74 Å². The van der Waals surface area contributed by atoms with Crippen LogP contribution in [0, 0.1) is 11.3 Å². The Kier molecular flexibility index (Phi) is 4.50. The van der Waals surface area contributed by atoms with Crippen molar-refractivity contribution < 1.29 is 17.9 Å². The maximum atomic E-state index is 12.4. The Morgan fingerprint density at radius 2 is 1.80 bits per heavy atom. The Labute approximate surface area is 115 Å². The minimum atomic E-state index is -4.75. The van der Waals surface area contributed by atoms with Crippen LogP contribution < -0.4 is 4.74 Å². The molecule has 0 radical (unpaired) electrons. The van der Waals surface area contributed by atoms with E-state index in [2.05, 4.69) is 10.8 Å². The summed E-state index contributed by atoms with van der Waals surface area (Å²) >= 11 is 0. The minimum absolute atomic E-state index is 0.272. The van der Waals surface area contributed by atoms with E-state index >= 15 is 0 Å². The van der Waals surface area contributed by atoms with Gasteiger partial charge in [0, 0.05) is 5.56 Å². The number of para-hydroxylation sites is 1. The number of alkyl halides is 3. The number of hydrogen-bond donors (Lipinski definition) is 0. The highest BCUT2D eigenvalue weighted by molar-refractivity contribution is 5.39. The molecule has 1 saturated heterocycles. The van der Waals surface area contributed by atoms with Crippen LogP contribution in [0.5, 0.6) is 5.75 Å². The van der Waals surface area contributed by atoms with Crippen LogP contribution in [0.3, 0.4) is 0 Å². The fourth-order valence-electron chi connectivity index (χ4n) is 2.45. The fourth-order valence-corrected chi connectivity index (χ4v) is 2.45. The summed E-state index contributed by atoms with van der Waals surface area (Å²) in [4.78, 5) is 1.90. The SMILES string of the molecule is N#CC(c1ccccc1OC(F)(F)F)N1CCCCC1. The van der Waals surface area contributed by atoms with Crippen molar-refractivity contribution in [3.63, 3.8) is 0 Å². The summed E-state index contributed by atoms with van der Waals surface area (Å²) in [6, 6.07) is 7.24. The number of likely N-dealkylation sites (tertiary alicyclic amines) is 1. The van der Waals surface area contributed by atoms with Gasteiger partial charge in [-0.3, -0.25) is 4.90 Å².